The highest BCUT2D eigenvalue weighted by Crippen LogP contribution is 2.30. The summed E-state index contributed by atoms with van der Waals surface area (Å²) in [5.74, 6) is -0.143. The Morgan fingerprint density at radius 1 is 1.00 bits per heavy atom. The summed E-state index contributed by atoms with van der Waals surface area (Å²) in [5.41, 5.74) is 0.519. The molecule has 0 aromatic heterocycles. The molecule has 0 aliphatic carbocycles. The van der Waals surface area contributed by atoms with Crippen LogP contribution in [0.25, 0.3) is 0 Å². The molecule has 0 saturated carbocycles. The third-order valence-corrected chi connectivity index (χ3v) is 5.26. The highest BCUT2D eigenvalue weighted by molar-refractivity contribution is 7.91. The average molecular weight is 331 g/mol. The molecule has 2 rings (SSSR count). The molecule has 0 bridgehead atoms. The predicted octanol–water partition coefficient (Wildman–Crippen LogP) is 3.72. The van der Waals surface area contributed by atoms with Crippen molar-refractivity contribution in [1.82, 2.24) is 0 Å². The minimum absolute atomic E-state index is 0.0466. The summed E-state index contributed by atoms with van der Waals surface area (Å²) in [6.07, 6.45) is 0.190. The number of rotatable bonds is 4. The minimum atomic E-state index is -3.38. The molecule has 0 aliphatic heterocycles. The van der Waals surface area contributed by atoms with Gasteiger partial charge in [-0.1, -0.05) is 41.4 Å². The van der Waals surface area contributed by atoms with Crippen molar-refractivity contribution in [3.05, 3.63) is 58.1 Å². The van der Waals surface area contributed by atoms with Gasteiger partial charge in [-0.25, -0.2) is 8.42 Å². The molecule has 0 amide bonds. The normalized spacial score (nSPS) is 11.5. The van der Waals surface area contributed by atoms with E-state index in [-0.39, 0.29) is 32.9 Å². The van der Waals surface area contributed by atoms with E-state index in [2.05, 4.69) is 0 Å². The zero-order valence-corrected chi connectivity index (χ0v) is 12.7. The standard InChI is InChI=1S/C14H12Cl2O3S/c15-13-8-10(17)9-14(16)12(13)6-7-20(18,19)11-4-2-1-3-5-11/h1-5,8-9,17H,6-7H2. The van der Waals surface area contributed by atoms with Gasteiger partial charge in [-0.05, 0) is 36.2 Å². The summed E-state index contributed by atoms with van der Waals surface area (Å²) >= 11 is 11.9. The van der Waals surface area contributed by atoms with Gasteiger partial charge in [0.05, 0.1) is 10.6 Å². The van der Waals surface area contributed by atoms with Crippen LogP contribution in [0.5, 0.6) is 5.75 Å². The van der Waals surface area contributed by atoms with E-state index in [4.69, 9.17) is 23.2 Å². The highest BCUT2D eigenvalue weighted by atomic mass is 35.5. The van der Waals surface area contributed by atoms with Crippen molar-refractivity contribution in [3.63, 3.8) is 0 Å². The van der Waals surface area contributed by atoms with Gasteiger partial charge in [-0.15, -0.1) is 0 Å². The zero-order valence-electron chi connectivity index (χ0n) is 10.4. The van der Waals surface area contributed by atoms with Gasteiger partial charge in [0.15, 0.2) is 9.84 Å². The van der Waals surface area contributed by atoms with E-state index >= 15 is 0 Å². The summed E-state index contributed by atoms with van der Waals surface area (Å²) in [6, 6.07) is 10.9. The third kappa shape index (κ3) is 3.45. The van der Waals surface area contributed by atoms with Crippen molar-refractivity contribution in [2.75, 3.05) is 5.75 Å². The fourth-order valence-electron chi connectivity index (χ4n) is 1.81. The molecule has 6 heteroatoms. The van der Waals surface area contributed by atoms with Crippen LogP contribution in [0.15, 0.2) is 47.4 Å². The Balaban J connectivity index is 2.21. The van der Waals surface area contributed by atoms with Crippen LogP contribution in [0.1, 0.15) is 5.56 Å². The fraction of sp³-hybridized carbons (Fsp3) is 0.143. The third-order valence-electron chi connectivity index (χ3n) is 2.85. The van der Waals surface area contributed by atoms with E-state index in [1.807, 2.05) is 0 Å². The Morgan fingerprint density at radius 2 is 1.55 bits per heavy atom. The van der Waals surface area contributed by atoms with Crippen LogP contribution in [-0.4, -0.2) is 19.3 Å². The van der Waals surface area contributed by atoms with Crippen molar-refractivity contribution < 1.29 is 13.5 Å². The van der Waals surface area contributed by atoms with E-state index in [1.54, 1.807) is 30.3 Å². The number of phenolic OH excluding ortho intramolecular Hbond substituents is 1. The van der Waals surface area contributed by atoms with Crippen molar-refractivity contribution in [1.29, 1.82) is 0 Å². The molecular weight excluding hydrogens is 319 g/mol. The van der Waals surface area contributed by atoms with Crippen molar-refractivity contribution in [3.8, 4) is 5.75 Å². The molecule has 0 aliphatic rings. The number of halogens is 2. The van der Waals surface area contributed by atoms with Crippen molar-refractivity contribution in [2.24, 2.45) is 0 Å². The highest BCUT2D eigenvalue weighted by Gasteiger charge is 2.16. The molecule has 2 aromatic rings. The van der Waals surface area contributed by atoms with Gasteiger partial charge >= 0.3 is 0 Å². The van der Waals surface area contributed by atoms with Gasteiger partial charge in [0.2, 0.25) is 0 Å². The SMILES string of the molecule is O=S(=O)(CCc1c(Cl)cc(O)cc1Cl)c1ccccc1. The van der Waals surface area contributed by atoms with Crippen LogP contribution in [0.4, 0.5) is 0 Å². The molecule has 0 fully saturated rings. The monoisotopic (exact) mass is 330 g/mol. The maximum Gasteiger partial charge on any atom is 0.178 e. The lowest BCUT2D eigenvalue weighted by molar-refractivity contribution is 0.475. The lowest BCUT2D eigenvalue weighted by atomic mass is 10.1. The van der Waals surface area contributed by atoms with E-state index in [0.29, 0.717) is 5.56 Å². The van der Waals surface area contributed by atoms with Crippen LogP contribution in [0.2, 0.25) is 10.0 Å². The summed E-state index contributed by atoms with van der Waals surface area (Å²) < 4.78 is 24.3. The number of benzene rings is 2. The smallest absolute Gasteiger partial charge is 0.178 e. The summed E-state index contributed by atoms with van der Waals surface area (Å²) in [6.45, 7) is 0. The largest absolute Gasteiger partial charge is 0.508 e. The van der Waals surface area contributed by atoms with Crippen LogP contribution < -0.4 is 0 Å². The first-order valence-corrected chi connectivity index (χ1v) is 8.25. The van der Waals surface area contributed by atoms with Gasteiger partial charge in [0.25, 0.3) is 0 Å². The first-order valence-electron chi connectivity index (χ1n) is 5.85. The minimum Gasteiger partial charge on any atom is -0.508 e. The van der Waals surface area contributed by atoms with Gasteiger partial charge in [-0.2, -0.15) is 0 Å². The molecule has 0 radical (unpaired) electrons. The second kappa shape index (κ2) is 6.04. The first-order chi connectivity index (χ1) is 9.40. The van der Waals surface area contributed by atoms with Crippen LogP contribution in [-0.2, 0) is 16.3 Å². The van der Waals surface area contributed by atoms with E-state index in [1.165, 1.54) is 12.1 Å². The summed E-state index contributed by atoms with van der Waals surface area (Å²) in [7, 11) is -3.38. The van der Waals surface area contributed by atoms with Crippen molar-refractivity contribution in [2.45, 2.75) is 11.3 Å². The quantitative estimate of drug-likeness (QED) is 0.929. The van der Waals surface area contributed by atoms with Gasteiger partial charge in [-0.3, -0.25) is 0 Å². The average Bonchev–Trinajstić information content (AvgIpc) is 2.38. The van der Waals surface area contributed by atoms with Crippen LogP contribution in [0.3, 0.4) is 0 Å². The van der Waals surface area contributed by atoms with Crippen molar-refractivity contribution >= 4 is 33.0 Å². The first kappa shape index (κ1) is 15.2. The maximum atomic E-state index is 12.2. The Bertz CT molecular complexity index is 689. The second-order valence-electron chi connectivity index (χ2n) is 4.27. The zero-order chi connectivity index (χ0) is 14.8. The Kier molecular flexibility index (Phi) is 4.58. The number of sulfone groups is 1. The second-order valence-corrected chi connectivity index (χ2v) is 7.19. The van der Waals surface area contributed by atoms with Gasteiger partial charge in [0.1, 0.15) is 5.75 Å². The summed E-state index contributed by atoms with van der Waals surface area (Å²) in [4.78, 5) is 0.269. The number of hydrogen-bond donors (Lipinski definition) is 1. The summed E-state index contributed by atoms with van der Waals surface area (Å²) in [5, 5.41) is 9.86. The van der Waals surface area contributed by atoms with Crippen LogP contribution >= 0.6 is 23.2 Å². The molecule has 106 valence electrons. The lowest BCUT2D eigenvalue weighted by Gasteiger charge is -2.08. The topological polar surface area (TPSA) is 54.4 Å². The molecule has 3 nitrogen and oxygen atoms in total. The van der Waals surface area contributed by atoms with Gasteiger partial charge < -0.3 is 5.11 Å². The number of aromatic hydroxyl groups is 1. The van der Waals surface area contributed by atoms with E-state index < -0.39 is 9.84 Å². The molecule has 0 spiro atoms. The number of hydrogen-bond acceptors (Lipinski definition) is 3. The Hall–Kier alpha value is -1.23. The van der Waals surface area contributed by atoms with Gasteiger partial charge in [0, 0.05) is 10.0 Å². The Morgan fingerprint density at radius 3 is 2.10 bits per heavy atom. The molecule has 0 unspecified atom stereocenters. The maximum absolute atomic E-state index is 12.2. The molecule has 0 heterocycles. The fourth-order valence-corrected chi connectivity index (χ4v) is 3.76. The predicted molar refractivity (Wildman–Crippen MR) is 80.3 cm³/mol. The van der Waals surface area contributed by atoms with E-state index in [0.717, 1.165) is 0 Å². The molecule has 0 saturated heterocycles. The molecule has 0 atom stereocenters. The van der Waals surface area contributed by atoms with E-state index in [9.17, 15) is 13.5 Å². The lowest BCUT2D eigenvalue weighted by Crippen LogP contribution is -2.09. The molecule has 1 N–H and O–H groups in total. The molecule has 2 aromatic carbocycles. The molecule has 20 heavy (non-hydrogen) atoms. The number of phenols is 1. The van der Waals surface area contributed by atoms with Crippen LogP contribution in [0, 0.1) is 0 Å². The molecular formula is C14H12Cl2O3S. The Labute approximate surface area is 127 Å².